The van der Waals surface area contributed by atoms with Gasteiger partial charge in [0.1, 0.15) is 5.78 Å². The summed E-state index contributed by atoms with van der Waals surface area (Å²) in [6.45, 7) is 1.61. The quantitative estimate of drug-likeness (QED) is 0.871. The second-order valence-electron chi connectivity index (χ2n) is 4.24. The molecular formula is C14H14N2O. The smallest absolute Gasteiger partial charge is 0.129 e. The first kappa shape index (κ1) is 11.4. The van der Waals surface area contributed by atoms with Crippen LogP contribution >= 0.6 is 0 Å². The highest BCUT2D eigenvalue weighted by atomic mass is 16.1. The van der Waals surface area contributed by atoms with Gasteiger partial charge in [-0.3, -0.25) is 0 Å². The standard InChI is InChI=1S/C14H14N2O/c1-10(17)3-2-4-12-9-16-14-6-5-11(8-15)7-13(12)14/h5-7,9,16H,2-4H2,1H3. The van der Waals surface area contributed by atoms with Crippen LogP contribution in [0.2, 0.25) is 0 Å². The lowest BCUT2D eigenvalue weighted by Crippen LogP contribution is -1.91. The number of aromatic nitrogens is 1. The number of aromatic amines is 1. The van der Waals surface area contributed by atoms with Crippen molar-refractivity contribution in [3.05, 3.63) is 35.5 Å². The topological polar surface area (TPSA) is 56.6 Å². The average molecular weight is 226 g/mol. The summed E-state index contributed by atoms with van der Waals surface area (Å²) in [7, 11) is 0. The first-order valence-electron chi connectivity index (χ1n) is 5.70. The number of carbonyl (C=O) groups excluding carboxylic acids is 1. The number of nitrogens with one attached hydrogen (secondary N) is 1. The first-order valence-corrected chi connectivity index (χ1v) is 5.70. The number of nitriles is 1. The van der Waals surface area contributed by atoms with Crippen LogP contribution < -0.4 is 0 Å². The van der Waals surface area contributed by atoms with Gasteiger partial charge in [-0.25, -0.2) is 0 Å². The van der Waals surface area contributed by atoms with Crippen LogP contribution in [0.15, 0.2) is 24.4 Å². The van der Waals surface area contributed by atoms with E-state index in [2.05, 4.69) is 11.1 Å². The van der Waals surface area contributed by atoms with E-state index in [1.54, 1.807) is 13.0 Å². The molecule has 0 unspecified atom stereocenters. The third-order valence-electron chi connectivity index (χ3n) is 2.87. The minimum atomic E-state index is 0.225. The highest BCUT2D eigenvalue weighted by Gasteiger charge is 2.05. The zero-order valence-electron chi connectivity index (χ0n) is 9.79. The van der Waals surface area contributed by atoms with E-state index < -0.39 is 0 Å². The monoisotopic (exact) mass is 226 g/mol. The number of fused-ring (bicyclic) bond motifs is 1. The van der Waals surface area contributed by atoms with Gasteiger partial charge in [-0.2, -0.15) is 5.26 Å². The molecule has 0 radical (unpaired) electrons. The van der Waals surface area contributed by atoms with Crippen LogP contribution in [0, 0.1) is 11.3 Å². The Hall–Kier alpha value is -2.08. The molecule has 0 spiro atoms. The van der Waals surface area contributed by atoms with Crippen molar-refractivity contribution < 1.29 is 4.79 Å². The molecule has 2 aromatic rings. The summed E-state index contributed by atoms with van der Waals surface area (Å²) in [4.78, 5) is 14.1. The summed E-state index contributed by atoms with van der Waals surface area (Å²) in [6, 6.07) is 7.76. The van der Waals surface area contributed by atoms with Crippen molar-refractivity contribution in [2.75, 3.05) is 0 Å². The van der Waals surface area contributed by atoms with E-state index in [1.165, 1.54) is 5.56 Å². The number of carbonyl (C=O) groups is 1. The van der Waals surface area contributed by atoms with Crippen LogP contribution in [0.5, 0.6) is 0 Å². The summed E-state index contributed by atoms with van der Waals surface area (Å²) < 4.78 is 0. The number of benzene rings is 1. The Balaban J connectivity index is 2.22. The Morgan fingerprint density at radius 1 is 1.47 bits per heavy atom. The molecule has 3 nitrogen and oxygen atoms in total. The predicted octanol–water partition coefficient (Wildman–Crippen LogP) is 2.95. The van der Waals surface area contributed by atoms with Gasteiger partial charge in [0, 0.05) is 23.5 Å². The summed E-state index contributed by atoms with van der Waals surface area (Å²) in [5.74, 6) is 0.225. The molecule has 1 aromatic heterocycles. The zero-order valence-corrected chi connectivity index (χ0v) is 9.79. The SMILES string of the molecule is CC(=O)CCCc1c[nH]c2ccc(C#N)cc12. The van der Waals surface area contributed by atoms with Crippen LogP contribution in [-0.2, 0) is 11.2 Å². The number of aryl methyl sites for hydroxylation is 1. The van der Waals surface area contributed by atoms with Crippen molar-refractivity contribution in [1.82, 2.24) is 4.98 Å². The fourth-order valence-electron chi connectivity index (χ4n) is 1.98. The molecular weight excluding hydrogens is 212 g/mol. The van der Waals surface area contributed by atoms with Crippen LogP contribution in [0.1, 0.15) is 30.9 Å². The van der Waals surface area contributed by atoms with Crippen molar-refractivity contribution in [2.45, 2.75) is 26.2 Å². The van der Waals surface area contributed by atoms with Gasteiger partial charge in [-0.1, -0.05) is 0 Å². The molecule has 3 heteroatoms. The maximum absolute atomic E-state index is 10.9. The number of Topliss-reactive ketones (excluding diaryl/α,β-unsaturated/α-hetero) is 1. The molecule has 0 aliphatic rings. The normalized spacial score (nSPS) is 10.4. The predicted molar refractivity (Wildman–Crippen MR) is 66.6 cm³/mol. The number of hydrogen-bond acceptors (Lipinski definition) is 2. The van der Waals surface area contributed by atoms with E-state index in [0.717, 1.165) is 23.7 Å². The van der Waals surface area contributed by atoms with Crippen molar-refractivity contribution >= 4 is 16.7 Å². The van der Waals surface area contributed by atoms with Gasteiger partial charge in [0.15, 0.2) is 0 Å². The molecule has 0 fully saturated rings. The van der Waals surface area contributed by atoms with Crippen molar-refractivity contribution in [1.29, 1.82) is 5.26 Å². The van der Waals surface area contributed by atoms with Gasteiger partial charge < -0.3 is 9.78 Å². The summed E-state index contributed by atoms with van der Waals surface area (Å²) in [5.41, 5.74) is 2.89. The maximum atomic E-state index is 10.9. The van der Waals surface area contributed by atoms with Crippen molar-refractivity contribution in [2.24, 2.45) is 0 Å². The van der Waals surface area contributed by atoms with Gasteiger partial charge in [-0.15, -0.1) is 0 Å². The second-order valence-corrected chi connectivity index (χ2v) is 4.24. The van der Waals surface area contributed by atoms with Crippen LogP contribution in [0.4, 0.5) is 0 Å². The molecule has 0 bridgehead atoms. The van der Waals surface area contributed by atoms with E-state index >= 15 is 0 Å². The average Bonchev–Trinajstić information content (AvgIpc) is 2.71. The van der Waals surface area contributed by atoms with Crippen LogP contribution in [-0.4, -0.2) is 10.8 Å². The molecule has 1 heterocycles. The van der Waals surface area contributed by atoms with E-state index in [0.29, 0.717) is 12.0 Å². The molecule has 0 atom stereocenters. The summed E-state index contributed by atoms with van der Waals surface area (Å²) >= 11 is 0. The Labute approximate surface area is 100 Å². The minimum Gasteiger partial charge on any atom is -0.361 e. The highest BCUT2D eigenvalue weighted by molar-refractivity contribution is 5.84. The highest BCUT2D eigenvalue weighted by Crippen LogP contribution is 2.21. The molecule has 1 N–H and O–H groups in total. The molecule has 1 aromatic carbocycles. The third-order valence-corrected chi connectivity index (χ3v) is 2.87. The first-order chi connectivity index (χ1) is 8.20. The molecule has 17 heavy (non-hydrogen) atoms. The molecule has 0 aliphatic heterocycles. The van der Waals surface area contributed by atoms with Crippen molar-refractivity contribution in [3.63, 3.8) is 0 Å². The number of rotatable bonds is 4. The fraction of sp³-hybridized carbons (Fsp3) is 0.286. The molecule has 2 rings (SSSR count). The lowest BCUT2D eigenvalue weighted by atomic mass is 10.0. The van der Waals surface area contributed by atoms with E-state index in [9.17, 15) is 4.79 Å². The molecule has 86 valence electrons. The molecule has 0 aliphatic carbocycles. The third kappa shape index (κ3) is 2.54. The van der Waals surface area contributed by atoms with E-state index in [1.807, 2.05) is 18.3 Å². The number of hydrogen-bond donors (Lipinski definition) is 1. The van der Waals surface area contributed by atoms with Gasteiger partial charge in [-0.05, 0) is 43.5 Å². The summed E-state index contributed by atoms with van der Waals surface area (Å²) in [5, 5.41) is 9.96. The molecule has 0 saturated heterocycles. The van der Waals surface area contributed by atoms with E-state index in [4.69, 9.17) is 5.26 Å². The fourth-order valence-corrected chi connectivity index (χ4v) is 1.98. The maximum Gasteiger partial charge on any atom is 0.129 e. The minimum absolute atomic E-state index is 0.225. The van der Waals surface area contributed by atoms with E-state index in [-0.39, 0.29) is 5.78 Å². The van der Waals surface area contributed by atoms with Gasteiger partial charge >= 0.3 is 0 Å². The Bertz CT molecular complexity index is 590. The molecule has 0 saturated carbocycles. The Morgan fingerprint density at radius 3 is 3.00 bits per heavy atom. The van der Waals surface area contributed by atoms with Crippen LogP contribution in [0.3, 0.4) is 0 Å². The summed E-state index contributed by atoms with van der Waals surface area (Å²) in [6.07, 6.45) is 4.31. The second kappa shape index (κ2) is 4.84. The van der Waals surface area contributed by atoms with Gasteiger partial charge in [0.2, 0.25) is 0 Å². The largest absolute Gasteiger partial charge is 0.361 e. The number of H-pyrrole nitrogens is 1. The lowest BCUT2D eigenvalue weighted by Gasteiger charge is -1.98. The number of ketones is 1. The Morgan fingerprint density at radius 2 is 2.29 bits per heavy atom. The van der Waals surface area contributed by atoms with Crippen LogP contribution in [0.25, 0.3) is 10.9 Å². The van der Waals surface area contributed by atoms with Gasteiger partial charge in [0.05, 0.1) is 11.6 Å². The van der Waals surface area contributed by atoms with Gasteiger partial charge in [0.25, 0.3) is 0 Å². The molecule has 0 amide bonds. The Kier molecular flexibility index (Phi) is 3.24. The number of nitrogens with zero attached hydrogens (tertiary/aromatic N) is 1. The lowest BCUT2D eigenvalue weighted by molar-refractivity contribution is -0.117. The van der Waals surface area contributed by atoms with Crippen molar-refractivity contribution in [3.8, 4) is 6.07 Å². The zero-order chi connectivity index (χ0) is 12.3.